The number of hydrogen-bond acceptors (Lipinski definition) is 5. The first-order valence-electron chi connectivity index (χ1n) is 9.18. The van der Waals surface area contributed by atoms with Crippen molar-refractivity contribution in [2.75, 3.05) is 23.3 Å². The average Bonchev–Trinajstić information content (AvgIpc) is 2.70. The second kappa shape index (κ2) is 8.45. The summed E-state index contributed by atoms with van der Waals surface area (Å²) in [6, 6.07) is 19.4. The second-order valence-corrected chi connectivity index (χ2v) is 6.24. The van der Waals surface area contributed by atoms with Crippen LogP contribution in [-0.4, -0.2) is 28.8 Å². The van der Waals surface area contributed by atoms with Gasteiger partial charge >= 0.3 is 0 Å². The number of anilines is 3. The molecule has 0 amide bonds. The fraction of sp³-hybridized carbons (Fsp3) is 0.227. The van der Waals surface area contributed by atoms with E-state index in [1.54, 1.807) is 6.92 Å². The zero-order chi connectivity index (χ0) is 19.2. The Morgan fingerprint density at radius 1 is 0.963 bits per heavy atom. The monoisotopic (exact) mass is 360 g/mol. The Labute approximate surface area is 160 Å². The van der Waals surface area contributed by atoms with Crippen LogP contribution >= 0.6 is 0 Å². The third-order valence-electron chi connectivity index (χ3n) is 4.39. The SMILES string of the molecule is CCN(CC)c1nc(Nc2ccc(C(C)=O)cc2)cc(-c2ccccc2)n1. The third kappa shape index (κ3) is 4.50. The van der Waals surface area contributed by atoms with Gasteiger partial charge in [-0.1, -0.05) is 30.3 Å². The zero-order valence-electron chi connectivity index (χ0n) is 15.9. The van der Waals surface area contributed by atoms with Crippen LogP contribution in [-0.2, 0) is 0 Å². The number of aromatic nitrogens is 2. The van der Waals surface area contributed by atoms with E-state index in [2.05, 4.69) is 24.1 Å². The molecular formula is C22H24N4O. The number of ketones is 1. The van der Waals surface area contributed by atoms with Gasteiger partial charge in [-0.05, 0) is 45.0 Å². The van der Waals surface area contributed by atoms with E-state index in [0.717, 1.165) is 35.9 Å². The smallest absolute Gasteiger partial charge is 0.227 e. The summed E-state index contributed by atoms with van der Waals surface area (Å²) in [5, 5.41) is 3.33. The normalized spacial score (nSPS) is 10.5. The number of carbonyl (C=O) groups excluding carboxylic acids is 1. The number of rotatable bonds is 7. The maximum Gasteiger partial charge on any atom is 0.227 e. The molecule has 0 spiro atoms. The molecule has 0 bridgehead atoms. The standard InChI is InChI=1S/C22H24N4O/c1-4-26(5-2)22-24-20(18-9-7-6-8-10-18)15-21(25-22)23-19-13-11-17(12-14-19)16(3)27/h6-15H,4-5H2,1-3H3,(H,23,24,25). The Balaban J connectivity index is 1.98. The number of nitrogens with one attached hydrogen (secondary N) is 1. The van der Waals surface area contributed by atoms with E-state index in [4.69, 9.17) is 9.97 Å². The van der Waals surface area contributed by atoms with Crippen LogP contribution in [0.3, 0.4) is 0 Å². The van der Waals surface area contributed by atoms with Gasteiger partial charge in [0, 0.05) is 36.0 Å². The van der Waals surface area contributed by atoms with Crippen molar-refractivity contribution >= 4 is 23.2 Å². The molecule has 0 aliphatic rings. The molecule has 0 atom stereocenters. The molecule has 1 aromatic heterocycles. The average molecular weight is 360 g/mol. The minimum atomic E-state index is 0.0544. The Kier molecular flexibility index (Phi) is 5.81. The summed E-state index contributed by atoms with van der Waals surface area (Å²) in [7, 11) is 0. The van der Waals surface area contributed by atoms with Crippen molar-refractivity contribution in [1.29, 1.82) is 0 Å². The van der Waals surface area contributed by atoms with Crippen LogP contribution in [0.15, 0.2) is 60.7 Å². The minimum absolute atomic E-state index is 0.0544. The first-order valence-corrected chi connectivity index (χ1v) is 9.18. The van der Waals surface area contributed by atoms with Crippen LogP contribution < -0.4 is 10.2 Å². The zero-order valence-corrected chi connectivity index (χ0v) is 15.9. The largest absolute Gasteiger partial charge is 0.341 e. The lowest BCUT2D eigenvalue weighted by Gasteiger charge is -2.20. The molecule has 1 N–H and O–H groups in total. The number of carbonyl (C=O) groups is 1. The van der Waals surface area contributed by atoms with Crippen LogP contribution in [0.4, 0.5) is 17.5 Å². The van der Waals surface area contributed by atoms with Gasteiger partial charge in [-0.2, -0.15) is 4.98 Å². The summed E-state index contributed by atoms with van der Waals surface area (Å²) < 4.78 is 0. The van der Waals surface area contributed by atoms with Crippen molar-refractivity contribution in [2.45, 2.75) is 20.8 Å². The first kappa shape index (κ1) is 18.6. The van der Waals surface area contributed by atoms with Crippen LogP contribution in [0.2, 0.25) is 0 Å². The Bertz CT molecular complexity index is 903. The highest BCUT2D eigenvalue weighted by Crippen LogP contribution is 2.25. The molecule has 0 radical (unpaired) electrons. The van der Waals surface area contributed by atoms with Crippen LogP contribution in [0.1, 0.15) is 31.1 Å². The predicted molar refractivity (Wildman–Crippen MR) is 111 cm³/mol. The number of nitrogens with zero attached hydrogens (tertiary/aromatic N) is 3. The number of benzene rings is 2. The summed E-state index contributed by atoms with van der Waals surface area (Å²) in [5.74, 6) is 1.48. The molecule has 2 aromatic carbocycles. The minimum Gasteiger partial charge on any atom is -0.341 e. The molecule has 0 aliphatic carbocycles. The van der Waals surface area contributed by atoms with E-state index in [1.165, 1.54) is 0 Å². The maximum atomic E-state index is 11.5. The molecule has 0 saturated heterocycles. The van der Waals surface area contributed by atoms with E-state index in [9.17, 15) is 4.79 Å². The van der Waals surface area contributed by atoms with Gasteiger partial charge in [0.15, 0.2) is 5.78 Å². The third-order valence-corrected chi connectivity index (χ3v) is 4.39. The maximum absolute atomic E-state index is 11.5. The van der Waals surface area contributed by atoms with Gasteiger partial charge in [0.05, 0.1) is 5.69 Å². The van der Waals surface area contributed by atoms with Crippen molar-refractivity contribution in [3.63, 3.8) is 0 Å². The molecule has 1 heterocycles. The first-order chi connectivity index (χ1) is 13.1. The van der Waals surface area contributed by atoms with E-state index < -0.39 is 0 Å². The Hall–Kier alpha value is -3.21. The van der Waals surface area contributed by atoms with E-state index in [0.29, 0.717) is 11.5 Å². The fourth-order valence-corrected chi connectivity index (χ4v) is 2.84. The summed E-state index contributed by atoms with van der Waals surface area (Å²) in [6.07, 6.45) is 0. The molecule has 5 nitrogen and oxygen atoms in total. The van der Waals surface area contributed by atoms with E-state index in [1.807, 2.05) is 60.7 Å². The highest BCUT2D eigenvalue weighted by atomic mass is 16.1. The quantitative estimate of drug-likeness (QED) is 0.605. The summed E-state index contributed by atoms with van der Waals surface area (Å²) in [6.45, 7) is 7.42. The highest BCUT2D eigenvalue weighted by Gasteiger charge is 2.11. The second-order valence-electron chi connectivity index (χ2n) is 6.24. The molecule has 0 saturated carbocycles. The topological polar surface area (TPSA) is 58.1 Å². The van der Waals surface area contributed by atoms with Gasteiger partial charge in [-0.3, -0.25) is 4.79 Å². The van der Waals surface area contributed by atoms with Crippen molar-refractivity contribution < 1.29 is 4.79 Å². The van der Waals surface area contributed by atoms with Gasteiger partial charge in [-0.25, -0.2) is 4.98 Å². The van der Waals surface area contributed by atoms with Gasteiger partial charge in [0.2, 0.25) is 5.95 Å². The van der Waals surface area contributed by atoms with E-state index in [-0.39, 0.29) is 5.78 Å². The van der Waals surface area contributed by atoms with Crippen molar-refractivity contribution in [3.8, 4) is 11.3 Å². The molecule has 138 valence electrons. The van der Waals surface area contributed by atoms with Crippen LogP contribution in [0.25, 0.3) is 11.3 Å². The van der Waals surface area contributed by atoms with Gasteiger partial charge in [-0.15, -0.1) is 0 Å². The Morgan fingerprint density at radius 2 is 1.63 bits per heavy atom. The molecule has 0 aliphatic heterocycles. The van der Waals surface area contributed by atoms with Crippen LogP contribution in [0, 0.1) is 0 Å². The predicted octanol–water partition coefficient (Wildman–Crippen LogP) is 4.94. The fourth-order valence-electron chi connectivity index (χ4n) is 2.84. The summed E-state index contributed by atoms with van der Waals surface area (Å²) >= 11 is 0. The lowest BCUT2D eigenvalue weighted by Crippen LogP contribution is -2.24. The van der Waals surface area contributed by atoms with Gasteiger partial charge in [0.25, 0.3) is 0 Å². The number of Topliss-reactive ketones (excluding diaryl/α,β-unsaturated/α-hetero) is 1. The van der Waals surface area contributed by atoms with Crippen molar-refractivity contribution in [3.05, 3.63) is 66.2 Å². The molecule has 0 fully saturated rings. The highest BCUT2D eigenvalue weighted by molar-refractivity contribution is 5.94. The molecule has 27 heavy (non-hydrogen) atoms. The molecule has 3 rings (SSSR count). The summed E-state index contributed by atoms with van der Waals surface area (Å²) in [5.41, 5.74) is 3.49. The van der Waals surface area contributed by atoms with Gasteiger partial charge in [0.1, 0.15) is 5.82 Å². The van der Waals surface area contributed by atoms with Crippen molar-refractivity contribution in [1.82, 2.24) is 9.97 Å². The lowest BCUT2D eigenvalue weighted by molar-refractivity contribution is 0.101. The molecular weight excluding hydrogens is 336 g/mol. The molecule has 5 heteroatoms. The Morgan fingerprint density at radius 3 is 2.22 bits per heavy atom. The van der Waals surface area contributed by atoms with E-state index >= 15 is 0 Å². The number of hydrogen-bond donors (Lipinski definition) is 1. The van der Waals surface area contributed by atoms with Crippen molar-refractivity contribution in [2.24, 2.45) is 0 Å². The van der Waals surface area contributed by atoms with Crippen LogP contribution in [0.5, 0.6) is 0 Å². The summed E-state index contributed by atoms with van der Waals surface area (Å²) in [4.78, 5) is 23.0. The van der Waals surface area contributed by atoms with Gasteiger partial charge < -0.3 is 10.2 Å². The molecule has 3 aromatic rings. The lowest BCUT2D eigenvalue weighted by atomic mass is 10.1. The molecule has 0 unspecified atom stereocenters.